The summed E-state index contributed by atoms with van der Waals surface area (Å²) in [7, 11) is 0. The van der Waals surface area contributed by atoms with E-state index in [0.717, 1.165) is 30.8 Å². The summed E-state index contributed by atoms with van der Waals surface area (Å²) in [6.45, 7) is 1.76. The highest BCUT2D eigenvalue weighted by Crippen LogP contribution is 2.34. The van der Waals surface area contributed by atoms with Gasteiger partial charge in [0.25, 0.3) is 0 Å². The van der Waals surface area contributed by atoms with E-state index in [9.17, 15) is 4.79 Å². The minimum atomic E-state index is -0.872. The van der Waals surface area contributed by atoms with Crippen LogP contribution in [0.3, 0.4) is 0 Å². The lowest BCUT2D eigenvalue weighted by Crippen LogP contribution is -2.06. The summed E-state index contributed by atoms with van der Waals surface area (Å²) in [5.41, 5.74) is 2.52. The van der Waals surface area contributed by atoms with Crippen LogP contribution in [-0.2, 0) is 6.54 Å². The molecule has 5 nitrogen and oxygen atoms in total. The van der Waals surface area contributed by atoms with Crippen molar-refractivity contribution in [1.82, 2.24) is 9.55 Å². The zero-order valence-corrected chi connectivity index (χ0v) is 10.4. The number of rotatable bonds is 4. The highest BCUT2D eigenvalue weighted by Gasteiger charge is 2.23. The minimum Gasteiger partial charge on any atom is -0.478 e. The van der Waals surface area contributed by atoms with E-state index in [0.29, 0.717) is 11.5 Å². The first-order valence-corrected chi connectivity index (χ1v) is 6.31. The summed E-state index contributed by atoms with van der Waals surface area (Å²) in [6, 6.07) is 5.29. The molecule has 0 radical (unpaired) electrons. The van der Waals surface area contributed by atoms with Gasteiger partial charge in [0.2, 0.25) is 0 Å². The van der Waals surface area contributed by atoms with Gasteiger partial charge in [0.1, 0.15) is 0 Å². The summed E-state index contributed by atoms with van der Waals surface area (Å²) < 4.78 is 2.04. The van der Waals surface area contributed by atoms with E-state index in [1.54, 1.807) is 24.7 Å². The van der Waals surface area contributed by atoms with E-state index in [4.69, 9.17) is 5.11 Å². The normalized spacial score (nSPS) is 16.9. The molecule has 1 aliphatic rings. The van der Waals surface area contributed by atoms with E-state index in [2.05, 4.69) is 10.3 Å². The van der Waals surface area contributed by atoms with E-state index < -0.39 is 5.97 Å². The number of hydrogen-bond donors (Lipinski definition) is 2. The molecular formula is C14H15N3O2. The summed E-state index contributed by atoms with van der Waals surface area (Å²) >= 11 is 0. The van der Waals surface area contributed by atoms with E-state index in [1.807, 2.05) is 16.8 Å². The van der Waals surface area contributed by atoms with Gasteiger partial charge in [-0.05, 0) is 30.2 Å². The Morgan fingerprint density at radius 2 is 2.42 bits per heavy atom. The quantitative estimate of drug-likeness (QED) is 0.881. The molecule has 3 rings (SSSR count). The van der Waals surface area contributed by atoms with Crippen LogP contribution in [0.25, 0.3) is 0 Å². The predicted octanol–water partition coefficient (Wildman–Crippen LogP) is 2.18. The van der Waals surface area contributed by atoms with Gasteiger partial charge in [0.05, 0.1) is 11.9 Å². The SMILES string of the molecule is O=C(O)c1ccc2c(c1)C(CCn1ccnc1)CN2. The topological polar surface area (TPSA) is 67.1 Å². The molecule has 1 aromatic carbocycles. The van der Waals surface area contributed by atoms with Gasteiger partial charge >= 0.3 is 5.97 Å². The number of aryl methyl sites for hydroxylation is 1. The highest BCUT2D eigenvalue weighted by molar-refractivity contribution is 5.88. The smallest absolute Gasteiger partial charge is 0.335 e. The Morgan fingerprint density at radius 1 is 1.53 bits per heavy atom. The number of nitrogens with zero attached hydrogens (tertiary/aromatic N) is 2. The van der Waals surface area contributed by atoms with Crippen molar-refractivity contribution in [3.8, 4) is 0 Å². The van der Waals surface area contributed by atoms with Crippen molar-refractivity contribution < 1.29 is 9.90 Å². The van der Waals surface area contributed by atoms with Crippen molar-refractivity contribution in [1.29, 1.82) is 0 Å². The molecule has 2 N–H and O–H groups in total. The molecule has 0 spiro atoms. The van der Waals surface area contributed by atoms with Crippen LogP contribution in [0.5, 0.6) is 0 Å². The van der Waals surface area contributed by atoms with Gasteiger partial charge in [-0.15, -0.1) is 0 Å². The van der Waals surface area contributed by atoms with Crippen LogP contribution in [0.15, 0.2) is 36.9 Å². The molecule has 1 aromatic heterocycles. The van der Waals surface area contributed by atoms with Gasteiger partial charge in [-0.3, -0.25) is 0 Å². The fourth-order valence-electron chi connectivity index (χ4n) is 2.52. The largest absolute Gasteiger partial charge is 0.478 e. The Kier molecular flexibility index (Phi) is 2.95. The molecule has 98 valence electrons. The van der Waals surface area contributed by atoms with Gasteiger partial charge in [0.15, 0.2) is 0 Å². The lowest BCUT2D eigenvalue weighted by atomic mass is 9.96. The van der Waals surface area contributed by atoms with Gasteiger partial charge in [-0.1, -0.05) is 0 Å². The van der Waals surface area contributed by atoms with Crippen LogP contribution < -0.4 is 5.32 Å². The molecule has 1 aliphatic heterocycles. The Labute approximate surface area is 110 Å². The highest BCUT2D eigenvalue weighted by atomic mass is 16.4. The summed E-state index contributed by atoms with van der Waals surface area (Å²) in [5, 5.41) is 12.4. The van der Waals surface area contributed by atoms with Crippen molar-refractivity contribution in [2.45, 2.75) is 18.9 Å². The minimum absolute atomic E-state index is 0.357. The zero-order chi connectivity index (χ0) is 13.2. The van der Waals surface area contributed by atoms with E-state index in [-0.39, 0.29) is 0 Å². The van der Waals surface area contributed by atoms with Crippen molar-refractivity contribution >= 4 is 11.7 Å². The predicted molar refractivity (Wildman–Crippen MR) is 71.5 cm³/mol. The first-order valence-electron chi connectivity index (χ1n) is 6.31. The molecule has 0 amide bonds. The average molecular weight is 257 g/mol. The average Bonchev–Trinajstić information content (AvgIpc) is 3.05. The van der Waals surface area contributed by atoms with Crippen molar-refractivity contribution in [3.63, 3.8) is 0 Å². The fourth-order valence-corrected chi connectivity index (χ4v) is 2.52. The first-order chi connectivity index (χ1) is 9.24. The Bertz CT molecular complexity index is 593. The van der Waals surface area contributed by atoms with Crippen molar-refractivity contribution in [2.24, 2.45) is 0 Å². The molecular weight excluding hydrogens is 242 g/mol. The monoisotopic (exact) mass is 257 g/mol. The maximum Gasteiger partial charge on any atom is 0.335 e. The number of imidazole rings is 1. The van der Waals surface area contributed by atoms with E-state index in [1.165, 1.54) is 0 Å². The second kappa shape index (κ2) is 4.76. The van der Waals surface area contributed by atoms with Gasteiger partial charge < -0.3 is 15.0 Å². The maximum absolute atomic E-state index is 11.0. The third kappa shape index (κ3) is 2.31. The molecule has 0 saturated carbocycles. The number of carbonyl (C=O) groups is 1. The lowest BCUT2D eigenvalue weighted by molar-refractivity contribution is 0.0697. The molecule has 5 heteroatoms. The molecule has 0 aliphatic carbocycles. The maximum atomic E-state index is 11.0. The number of fused-ring (bicyclic) bond motifs is 1. The molecule has 0 saturated heterocycles. The fraction of sp³-hybridized carbons (Fsp3) is 0.286. The van der Waals surface area contributed by atoms with Crippen molar-refractivity contribution in [2.75, 3.05) is 11.9 Å². The molecule has 2 aromatic rings. The Morgan fingerprint density at radius 3 is 3.16 bits per heavy atom. The summed E-state index contributed by atoms with van der Waals surface area (Å²) in [6.07, 6.45) is 6.48. The Hall–Kier alpha value is -2.30. The van der Waals surface area contributed by atoms with Gasteiger partial charge in [-0.2, -0.15) is 0 Å². The number of carboxylic acids is 1. The number of benzene rings is 1. The van der Waals surface area contributed by atoms with Gasteiger partial charge in [-0.25, -0.2) is 9.78 Å². The Balaban J connectivity index is 1.76. The molecule has 1 unspecified atom stereocenters. The molecule has 19 heavy (non-hydrogen) atoms. The van der Waals surface area contributed by atoms with Crippen LogP contribution in [0.4, 0.5) is 5.69 Å². The molecule has 0 fully saturated rings. The number of nitrogens with one attached hydrogen (secondary N) is 1. The molecule has 1 atom stereocenters. The van der Waals surface area contributed by atoms with Crippen LogP contribution in [0.1, 0.15) is 28.3 Å². The number of anilines is 1. The van der Waals surface area contributed by atoms with Crippen molar-refractivity contribution in [3.05, 3.63) is 48.0 Å². The van der Waals surface area contributed by atoms with Crippen LogP contribution in [-0.4, -0.2) is 27.2 Å². The third-order valence-corrected chi connectivity index (χ3v) is 3.57. The summed E-state index contributed by atoms with van der Waals surface area (Å²) in [4.78, 5) is 15.0. The second-order valence-corrected chi connectivity index (χ2v) is 4.77. The first kappa shape index (κ1) is 11.8. The van der Waals surface area contributed by atoms with Crippen LogP contribution in [0, 0.1) is 0 Å². The third-order valence-electron chi connectivity index (χ3n) is 3.57. The van der Waals surface area contributed by atoms with E-state index >= 15 is 0 Å². The zero-order valence-electron chi connectivity index (χ0n) is 10.4. The van der Waals surface area contributed by atoms with Crippen LogP contribution >= 0.6 is 0 Å². The number of hydrogen-bond acceptors (Lipinski definition) is 3. The number of aromatic nitrogens is 2. The van der Waals surface area contributed by atoms with Gasteiger partial charge in [0, 0.05) is 37.1 Å². The number of carboxylic acid groups (broad SMARTS) is 1. The number of aromatic carboxylic acids is 1. The molecule has 0 bridgehead atoms. The standard InChI is InChI=1S/C14H15N3O2/c18-14(19)10-1-2-13-12(7-10)11(8-16-13)3-5-17-6-4-15-9-17/h1-2,4,6-7,9,11,16H,3,5,8H2,(H,18,19). The van der Waals surface area contributed by atoms with Crippen LogP contribution in [0.2, 0.25) is 0 Å². The lowest BCUT2D eigenvalue weighted by Gasteiger charge is -2.11. The summed E-state index contributed by atoms with van der Waals surface area (Å²) in [5.74, 6) is -0.514. The second-order valence-electron chi connectivity index (χ2n) is 4.77. The molecule has 2 heterocycles.